The van der Waals surface area contributed by atoms with Gasteiger partial charge in [-0.15, -0.1) is 0 Å². The first-order valence-electron chi connectivity index (χ1n) is 7.58. The number of para-hydroxylation sites is 1. The van der Waals surface area contributed by atoms with Gasteiger partial charge in [-0.3, -0.25) is 9.78 Å². The van der Waals surface area contributed by atoms with Gasteiger partial charge in [0, 0.05) is 23.9 Å². The molecule has 1 aliphatic heterocycles. The van der Waals surface area contributed by atoms with Crippen molar-refractivity contribution < 1.29 is 9.53 Å². The van der Waals surface area contributed by atoms with Crippen LogP contribution in [-0.2, 0) is 16.0 Å². The first kappa shape index (κ1) is 14.2. The number of ether oxygens (including phenoxy) is 1. The van der Waals surface area contributed by atoms with E-state index in [1.165, 1.54) is 0 Å². The summed E-state index contributed by atoms with van der Waals surface area (Å²) in [4.78, 5) is 17.1. The molecule has 3 nitrogen and oxygen atoms in total. The SMILES string of the molecule is CC1OC(C)C(C(=O)Cc2ccnc3ccccc23)C1C. The predicted octanol–water partition coefficient (Wildman–Crippen LogP) is 3.41. The number of carbonyl (C=O) groups excluding carboxylic acids is 1. The summed E-state index contributed by atoms with van der Waals surface area (Å²) < 4.78 is 5.80. The van der Waals surface area contributed by atoms with Crippen LogP contribution in [0.1, 0.15) is 26.3 Å². The number of aromatic nitrogens is 1. The van der Waals surface area contributed by atoms with Gasteiger partial charge >= 0.3 is 0 Å². The molecule has 0 aliphatic carbocycles. The Morgan fingerprint density at radius 2 is 1.90 bits per heavy atom. The number of nitrogens with zero attached hydrogens (tertiary/aromatic N) is 1. The zero-order valence-electron chi connectivity index (χ0n) is 12.7. The molecule has 0 radical (unpaired) electrons. The first-order chi connectivity index (χ1) is 10.1. The van der Waals surface area contributed by atoms with Gasteiger partial charge in [0.05, 0.1) is 17.7 Å². The van der Waals surface area contributed by atoms with Gasteiger partial charge < -0.3 is 4.74 Å². The summed E-state index contributed by atoms with van der Waals surface area (Å²) in [5, 5.41) is 1.07. The Morgan fingerprint density at radius 1 is 1.14 bits per heavy atom. The van der Waals surface area contributed by atoms with Crippen molar-refractivity contribution in [3.8, 4) is 0 Å². The molecule has 1 saturated heterocycles. The quantitative estimate of drug-likeness (QED) is 0.866. The molecule has 0 bridgehead atoms. The fraction of sp³-hybridized carbons (Fsp3) is 0.444. The highest BCUT2D eigenvalue weighted by molar-refractivity contribution is 5.90. The van der Waals surface area contributed by atoms with Crippen molar-refractivity contribution in [3.05, 3.63) is 42.1 Å². The number of Topliss-reactive ketones (excluding diaryl/α,β-unsaturated/α-hetero) is 1. The third-order valence-corrected chi connectivity index (χ3v) is 4.72. The van der Waals surface area contributed by atoms with E-state index < -0.39 is 0 Å². The summed E-state index contributed by atoms with van der Waals surface area (Å²) in [7, 11) is 0. The minimum Gasteiger partial charge on any atom is -0.375 e. The number of rotatable bonds is 3. The molecule has 0 saturated carbocycles. The fourth-order valence-corrected chi connectivity index (χ4v) is 3.44. The molecule has 0 amide bonds. The Morgan fingerprint density at radius 3 is 2.62 bits per heavy atom. The van der Waals surface area contributed by atoms with E-state index >= 15 is 0 Å². The van der Waals surface area contributed by atoms with Crippen molar-refractivity contribution in [1.29, 1.82) is 0 Å². The standard InChI is InChI=1S/C18H21NO2/c1-11-12(2)21-13(3)18(11)17(20)10-14-8-9-19-16-7-5-4-6-15(14)16/h4-9,11-13,18H,10H2,1-3H3. The molecule has 1 aliphatic rings. The number of hydrogen-bond donors (Lipinski definition) is 0. The Kier molecular flexibility index (Phi) is 3.77. The van der Waals surface area contributed by atoms with Crippen molar-refractivity contribution in [2.75, 3.05) is 0 Å². The fourth-order valence-electron chi connectivity index (χ4n) is 3.44. The van der Waals surface area contributed by atoms with Crippen molar-refractivity contribution in [3.63, 3.8) is 0 Å². The van der Waals surface area contributed by atoms with Crippen LogP contribution in [0.3, 0.4) is 0 Å². The van der Waals surface area contributed by atoms with Crippen LogP contribution in [0.2, 0.25) is 0 Å². The molecule has 1 fully saturated rings. The Hall–Kier alpha value is -1.74. The van der Waals surface area contributed by atoms with Crippen molar-refractivity contribution >= 4 is 16.7 Å². The van der Waals surface area contributed by atoms with E-state index in [-0.39, 0.29) is 29.8 Å². The molecule has 3 heteroatoms. The summed E-state index contributed by atoms with van der Waals surface area (Å²) in [6.45, 7) is 6.17. The molecule has 21 heavy (non-hydrogen) atoms. The summed E-state index contributed by atoms with van der Waals surface area (Å²) in [5.41, 5.74) is 2.00. The molecule has 4 atom stereocenters. The average molecular weight is 283 g/mol. The van der Waals surface area contributed by atoms with Crippen molar-refractivity contribution in [2.24, 2.45) is 11.8 Å². The smallest absolute Gasteiger partial charge is 0.143 e. The van der Waals surface area contributed by atoms with Crippen LogP contribution in [0.25, 0.3) is 10.9 Å². The summed E-state index contributed by atoms with van der Waals surface area (Å²) >= 11 is 0. The van der Waals surface area contributed by atoms with Crippen LogP contribution in [0.5, 0.6) is 0 Å². The minimum atomic E-state index is -0.00747. The van der Waals surface area contributed by atoms with Gasteiger partial charge in [-0.25, -0.2) is 0 Å². The summed E-state index contributed by atoms with van der Waals surface area (Å²) in [5.74, 6) is 0.545. The minimum absolute atomic E-state index is 0.00747. The van der Waals surface area contributed by atoms with Crippen LogP contribution < -0.4 is 0 Å². The zero-order chi connectivity index (χ0) is 15.0. The highest BCUT2D eigenvalue weighted by Crippen LogP contribution is 2.33. The van der Waals surface area contributed by atoms with Crippen LogP contribution in [0.15, 0.2) is 36.5 Å². The first-order valence-corrected chi connectivity index (χ1v) is 7.58. The molecule has 4 unspecified atom stereocenters. The Bertz CT molecular complexity index is 662. The molecule has 1 aromatic heterocycles. The summed E-state index contributed by atoms with van der Waals surface area (Å²) in [6, 6.07) is 9.93. The zero-order valence-corrected chi connectivity index (χ0v) is 12.7. The number of ketones is 1. The summed E-state index contributed by atoms with van der Waals surface area (Å²) in [6.07, 6.45) is 2.41. The second-order valence-corrected chi connectivity index (χ2v) is 6.06. The predicted molar refractivity (Wildman–Crippen MR) is 83.1 cm³/mol. The van der Waals surface area contributed by atoms with Crippen molar-refractivity contribution in [2.45, 2.75) is 39.4 Å². The van der Waals surface area contributed by atoms with Crippen LogP contribution in [0.4, 0.5) is 0 Å². The molecule has 3 rings (SSSR count). The second kappa shape index (κ2) is 5.57. The lowest BCUT2D eigenvalue weighted by Gasteiger charge is -2.17. The number of carbonyl (C=O) groups is 1. The lowest BCUT2D eigenvalue weighted by molar-refractivity contribution is -0.124. The molecule has 2 heterocycles. The van der Waals surface area contributed by atoms with E-state index in [9.17, 15) is 4.79 Å². The largest absolute Gasteiger partial charge is 0.375 e. The number of pyridine rings is 1. The van der Waals surface area contributed by atoms with Crippen LogP contribution >= 0.6 is 0 Å². The van der Waals surface area contributed by atoms with Crippen LogP contribution in [-0.4, -0.2) is 23.0 Å². The molecular formula is C18H21NO2. The average Bonchev–Trinajstić information content (AvgIpc) is 2.72. The van der Waals surface area contributed by atoms with E-state index in [4.69, 9.17) is 4.74 Å². The third-order valence-electron chi connectivity index (χ3n) is 4.72. The van der Waals surface area contributed by atoms with Gasteiger partial charge in [0.15, 0.2) is 0 Å². The molecule has 1 aromatic carbocycles. The van der Waals surface area contributed by atoms with E-state index in [1.807, 2.05) is 37.3 Å². The van der Waals surface area contributed by atoms with Gasteiger partial charge in [0.1, 0.15) is 5.78 Å². The molecule has 0 spiro atoms. The lowest BCUT2D eigenvalue weighted by Crippen LogP contribution is -2.28. The highest BCUT2D eigenvalue weighted by atomic mass is 16.5. The number of benzene rings is 1. The maximum atomic E-state index is 12.7. The molecule has 0 N–H and O–H groups in total. The van der Waals surface area contributed by atoms with Gasteiger partial charge in [0.2, 0.25) is 0 Å². The van der Waals surface area contributed by atoms with Gasteiger partial charge in [-0.1, -0.05) is 25.1 Å². The molecule has 110 valence electrons. The maximum absolute atomic E-state index is 12.7. The van der Waals surface area contributed by atoms with Gasteiger partial charge in [-0.05, 0) is 37.5 Å². The maximum Gasteiger partial charge on any atom is 0.143 e. The van der Waals surface area contributed by atoms with E-state index in [0.29, 0.717) is 6.42 Å². The molecular weight excluding hydrogens is 262 g/mol. The van der Waals surface area contributed by atoms with E-state index in [2.05, 4.69) is 18.8 Å². The Labute approximate surface area is 125 Å². The topological polar surface area (TPSA) is 39.2 Å². The molecule has 2 aromatic rings. The highest BCUT2D eigenvalue weighted by Gasteiger charge is 2.41. The van der Waals surface area contributed by atoms with Gasteiger partial charge in [0.25, 0.3) is 0 Å². The lowest BCUT2D eigenvalue weighted by atomic mass is 9.83. The van der Waals surface area contributed by atoms with Crippen molar-refractivity contribution in [1.82, 2.24) is 4.98 Å². The van der Waals surface area contributed by atoms with Gasteiger partial charge in [-0.2, -0.15) is 0 Å². The third kappa shape index (κ3) is 2.58. The number of fused-ring (bicyclic) bond motifs is 1. The Balaban J connectivity index is 1.87. The van der Waals surface area contributed by atoms with E-state index in [0.717, 1.165) is 16.5 Å². The monoisotopic (exact) mass is 283 g/mol. The number of hydrogen-bond acceptors (Lipinski definition) is 3. The second-order valence-electron chi connectivity index (χ2n) is 6.06. The van der Waals surface area contributed by atoms with Crippen LogP contribution in [0, 0.1) is 11.8 Å². The normalized spacial score (nSPS) is 28.9. The van der Waals surface area contributed by atoms with E-state index in [1.54, 1.807) is 6.20 Å².